The first-order valence-corrected chi connectivity index (χ1v) is 10.9. The number of aliphatic carboxylic acids is 1. The van der Waals surface area contributed by atoms with Gasteiger partial charge in [-0.05, 0) is 61.1 Å². The van der Waals surface area contributed by atoms with E-state index in [0.717, 1.165) is 16.8 Å². The zero-order valence-corrected chi connectivity index (χ0v) is 18.7. The average molecular weight is 454 g/mol. The first-order chi connectivity index (χ1) is 15.9. The van der Waals surface area contributed by atoms with Crippen molar-refractivity contribution in [2.24, 2.45) is 0 Å². The third-order valence-electron chi connectivity index (χ3n) is 6.20. The average Bonchev–Trinajstić information content (AvgIpc) is 3.09. The van der Waals surface area contributed by atoms with Crippen molar-refractivity contribution in [3.8, 4) is 11.5 Å². The lowest BCUT2D eigenvalue weighted by molar-refractivity contribution is -0.137. The SMILES string of the molecule is COc1ccc(CCC(=O)N[C@@H]2CCc3c(c4cc(F)ccc4n3CC(=O)O)C2)c(OC)c1. The van der Waals surface area contributed by atoms with Crippen molar-refractivity contribution >= 4 is 22.8 Å². The van der Waals surface area contributed by atoms with E-state index < -0.39 is 5.97 Å². The fourth-order valence-corrected chi connectivity index (χ4v) is 4.67. The van der Waals surface area contributed by atoms with Gasteiger partial charge in [-0.2, -0.15) is 0 Å². The maximum absolute atomic E-state index is 13.9. The lowest BCUT2D eigenvalue weighted by Crippen LogP contribution is -2.39. The summed E-state index contributed by atoms with van der Waals surface area (Å²) in [5.74, 6) is -0.00292. The number of nitrogens with zero attached hydrogens (tertiary/aromatic N) is 1. The molecule has 1 aromatic heterocycles. The number of fused-ring (bicyclic) bond motifs is 3. The zero-order chi connectivity index (χ0) is 23.5. The first-order valence-electron chi connectivity index (χ1n) is 10.9. The van der Waals surface area contributed by atoms with Crippen LogP contribution < -0.4 is 14.8 Å². The van der Waals surface area contributed by atoms with Crippen LogP contribution in [-0.4, -0.2) is 41.8 Å². The summed E-state index contributed by atoms with van der Waals surface area (Å²) in [6.45, 7) is -0.168. The van der Waals surface area contributed by atoms with Crippen LogP contribution in [0.1, 0.15) is 29.7 Å². The van der Waals surface area contributed by atoms with Crippen molar-refractivity contribution in [1.82, 2.24) is 9.88 Å². The third-order valence-corrected chi connectivity index (χ3v) is 6.20. The van der Waals surface area contributed by atoms with Crippen LogP contribution in [0.3, 0.4) is 0 Å². The van der Waals surface area contributed by atoms with Crippen LogP contribution in [0.2, 0.25) is 0 Å². The number of benzene rings is 2. The third kappa shape index (κ3) is 4.79. The molecule has 1 atom stereocenters. The number of rotatable bonds is 8. The number of carbonyl (C=O) groups excluding carboxylic acids is 1. The highest BCUT2D eigenvalue weighted by Gasteiger charge is 2.27. The predicted molar refractivity (Wildman–Crippen MR) is 121 cm³/mol. The van der Waals surface area contributed by atoms with E-state index in [1.54, 1.807) is 30.9 Å². The molecule has 1 amide bonds. The van der Waals surface area contributed by atoms with Crippen LogP contribution in [0.4, 0.5) is 4.39 Å². The summed E-state index contributed by atoms with van der Waals surface area (Å²) in [6.07, 6.45) is 2.69. The molecule has 8 heteroatoms. The van der Waals surface area contributed by atoms with E-state index in [1.807, 2.05) is 12.1 Å². The van der Waals surface area contributed by atoms with Gasteiger partial charge in [0.1, 0.15) is 23.9 Å². The van der Waals surface area contributed by atoms with Crippen molar-refractivity contribution in [1.29, 1.82) is 0 Å². The van der Waals surface area contributed by atoms with Crippen molar-refractivity contribution in [2.75, 3.05) is 14.2 Å². The molecule has 0 radical (unpaired) electrons. The molecule has 0 spiro atoms. The zero-order valence-electron chi connectivity index (χ0n) is 18.7. The van der Waals surface area contributed by atoms with Gasteiger partial charge in [-0.15, -0.1) is 0 Å². The lowest BCUT2D eigenvalue weighted by atomic mass is 9.91. The number of carbonyl (C=O) groups is 2. The summed E-state index contributed by atoms with van der Waals surface area (Å²) in [5, 5.41) is 13.1. The quantitative estimate of drug-likeness (QED) is 0.544. The Labute approximate surface area is 191 Å². The molecule has 1 aliphatic rings. The summed E-state index contributed by atoms with van der Waals surface area (Å²) in [6, 6.07) is 9.86. The highest BCUT2D eigenvalue weighted by molar-refractivity contribution is 5.87. The highest BCUT2D eigenvalue weighted by atomic mass is 19.1. The van der Waals surface area contributed by atoms with E-state index in [-0.39, 0.29) is 24.3 Å². The summed E-state index contributed by atoms with van der Waals surface area (Å²) >= 11 is 0. The number of carboxylic acids is 1. The number of ether oxygens (including phenoxy) is 2. The van der Waals surface area contributed by atoms with Crippen molar-refractivity contribution in [2.45, 2.75) is 44.7 Å². The number of hydrogen-bond donors (Lipinski definition) is 2. The van der Waals surface area contributed by atoms with Gasteiger partial charge < -0.3 is 24.5 Å². The number of amides is 1. The van der Waals surface area contributed by atoms with Crippen LogP contribution in [0.5, 0.6) is 11.5 Å². The summed E-state index contributed by atoms with van der Waals surface area (Å²) in [7, 11) is 3.17. The van der Waals surface area contributed by atoms with E-state index in [4.69, 9.17) is 9.47 Å². The van der Waals surface area contributed by atoms with Crippen molar-refractivity contribution in [3.05, 3.63) is 59.0 Å². The van der Waals surface area contributed by atoms with Gasteiger partial charge in [0.25, 0.3) is 0 Å². The molecule has 1 aliphatic carbocycles. The van der Waals surface area contributed by atoms with Gasteiger partial charge >= 0.3 is 5.97 Å². The van der Waals surface area contributed by atoms with E-state index in [0.29, 0.717) is 54.5 Å². The molecule has 0 saturated carbocycles. The van der Waals surface area contributed by atoms with Crippen LogP contribution in [0, 0.1) is 5.82 Å². The molecule has 3 aromatic rings. The molecule has 2 N–H and O–H groups in total. The van der Waals surface area contributed by atoms with Gasteiger partial charge in [0.05, 0.1) is 14.2 Å². The number of carboxylic acid groups (broad SMARTS) is 1. The largest absolute Gasteiger partial charge is 0.497 e. The van der Waals surface area contributed by atoms with E-state index in [9.17, 15) is 19.1 Å². The Balaban J connectivity index is 1.46. The Morgan fingerprint density at radius 2 is 2.00 bits per heavy atom. The molecule has 174 valence electrons. The van der Waals surface area contributed by atoms with Crippen molar-refractivity contribution < 1.29 is 28.6 Å². The second kappa shape index (κ2) is 9.52. The van der Waals surface area contributed by atoms with E-state index in [1.165, 1.54) is 12.1 Å². The topological polar surface area (TPSA) is 89.8 Å². The minimum atomic E-state index is -0.941. The van der Waals surface area contributed by atoms with Crippen LogP contribution in [-0.2, 0) is 35.4 Å². The van der Waals surface area contributed by atoms with Crippen LogP contribution in [0.25, 0.3) is 10.9 Å². The smallest absolute Gasteiger partial charge is 0.323 e. The Hall–Kier alpha value is -3.55. The van der Waals surface area contributed by atoms with E-state index in [2.05, 4.69) is 5.32 Å². The maximum Gasteiger partial charge on any atom is 0.323 e. The molecule has 7 nitrogen and oxygen atoms in total. The van der Waals surface area contributed by atoms with Gasteiger partial charge in [0, 0.05) is 35.1 Å². The fraction of sp³-hybridized carbons (Fsp3) is 0.360. The minimum Gasteiger partial charge on any atom is -0.497 e. The second-order valence-corrected chi connectivity index (χ2v) is 8.25. The number of hydrogen-bond acceptors (Lipinski definition) is 4. The fourth-order valence-electron chi connectivity index (χ4n) is 4.67. The molecule has 2 aromatic carbocycles. The molecular formula is C25H27FN2O5. The summed E-state index contributed by atoms with van der Waals surface area (Å²) < 4.78 is 26.3. The number of aryl methyl sites for hydroxylation is 1. The molecule has 0 fully saturated rings. The molecule has 33 heavy (non-hydrogen) atoms. The molecule has 0 unspecified atom stereocenters. The Morgan fingerprint density at radius 1 is 1.18 bits per heavy atom. The van der Waals surface area contributed by atoms with Gasteiger partial charge in [0.2, 0.25) is 5.91 Å². The highest BCUT2D eigenvalue weighted by Crippen LogP contribution is 2.33. The standard InChI is InChI=1S/C25H27FN2O5/c1-32-18-7-3-15(23(13-18)33-2)4-10-24(29)27-17-6-9-22-20(12-17)19-11-16(26)5-8-21(19)28(22)14-25(30)31/h3,5,7-8,11,13,17H,4,6,9-10,12,14H2,1-2H3,(H,27,29)(H,30,31)/t17-/m1/s1. The van der Waals surface area contributed by atoms with E-state index >= 15 is 0 Å². The molecule has 0 saturated heterocycles. The van der Waals surface area contributed by atoms with Crippen LogP contribution >= 0.6 is 0 Å². The summed E-state index contributed by atoms with van der Waals surface area (Å²) in [5.41, 5.74) is 3.46. The molecule has 0 bridgehead atoms. The Bertz CT molecular complexity index is 1200. The van der Waals surface area contributed by atoms with Gasteiger partial charge in [0.15, 0.2) is 0 Å². The number of halogens is 1. The Morgan fingerprint density at radius 3 is 2.73 bits per heavy atom. The second-order valence-electron chi connectivity index (χ2n) is 8.25. The van der Waals surface area contributed by atoms with Crippen molar-refractivity contribution in [3.63, 3.8) is 0 Å². The molecule has 0 aliphatic heterocycles. The number of methoxy groups -OCH3 is 2. The van der Waals surface area contributed by atoms with Crippen LogP contribution in [0.15, 0.2) is 36.4 Å². The van der Waals surface area contributed by atoms with Gasteiger partial charge in [-0.1, -0.05) is 6.07 Å². The van der Waals surface area contributed by atoms with Gasteiger partial charge in [-0.3, -0.25) is 9.59 Å². The van der Waals surface area contributed by atoms with Gasteiger partial charge in [-0.25, -0.2) is 4.39 Å². The Kier molecular flexibility index (Phi) is 6.53. The first kappa shape index (κ1) is 22.6. The lowest BCUT2D eigenvalue weighted by Gasteiger charge is -2.25. The predicted octanol–water partition coefficient (Wildman–Crippen LogP) is 3.49. The monoisotopic (exact) mass is 454 g/mol. The minimum absolute atomic E-state index is 0.0678. The summed E-state index contributed by atoms with van der Waals surface area (Å²) in [4.78, 5) is 24.0. The normalized spacial score (nSPS) is 15.2. The number of aromatic nitrogens is 1. The molecular weight excluding hydrogens is 427 g/mol. The molecule has 1 heterocycles. The number of nitrogens with one attached hydrogen (secondary N) is 1. The maximum atomic E-state index is 13.9. The molecule has 4 rings (SSSR count).